The topological polar surface area (TPSA) is 78.9 Å². The lowest BCUT2D eigenvalue weighted by Crippen LogP contribution is -1.95. The third-order valence-electron chi connectivity index (χ3n) is 2.53. The van der Waals surface area contributed by atoms with Gasteiger partial charge < -0.3 is 5.11 Å². The van der Waals surface area contributed by atoms with Crippen molar-refractivity contribution in [2.24, 2.45) is 0 Å². The predicted octanol–water partition coefficient (Wildman–Crippen LogP) is 1.76. The summed E-state index contributed by atoms with van der Waals surface area (Å²) in [6, 6.07) is 5.89. The summed E-state index contributed by atoms with van der Waals surface area (Å²) < 4.78 is 0. The van der Waals surface area contributed by atoms with Crippen LogP contribution < -0.4 is 0 Å². The van der Waals surface area contributed by atoms with E-state index < -0.39 is 5.97 Å². The Bertz CT molecular complexity index is 493. The first-order valence-electron chi connectivity index (χ1n) is 5.28. The van der Waals surface area contributed by atoms with Gasteiger partial charge in [-0.2, -0.15) is 0 Å². The van der Waals surface area contributed by atoms with Crippen LogP contribution in [0.1, 0.15) is 24.8 Å². The Kier molecular flexibility index (Phi) is 3.14. The van der Waals surface area contributed by atoms with Crippen LogP contribution in [0.3, 0.4) is 0 Å². The highest BCUT2D eigenvalue weighted by atomic mass is 16.4. The third kappa shape index (κ3) is 2.36. The second-order valence-corrected chi connectivity index (χ2v) is 3.73. The number of nitrogens with zero attached hydrogens (tertiary/aromatic N) is 2. The lowest BCUT2D eigenvalue weighted by atomic mass is 10.1. The van der Waals surface area contributed by atoms with Crippen LogP contribution in [0.15, 0.2) is 18.2 Å². The summed E-state index contributed by atoms with van der Waals surface area (Å²) >= 11 is 0. The van der Waals surface area contributed by atoms with Crippen LogP contribution in [-0.2, 0) is 11.2 Å². The summed E-state index contributed by atoms with van der Waals surface area (Å²) in [5.41, 5.74) is 2.94. The first-order chi connectivity index (χ1) is 7.77. The Morgan fingerprint density at radius 3 is 3.06 bits per heavy atom. The standard InChI is InChI=1S/C11H13N3O2/c15-10(16)7-2-1-4-8-5-3-6-9-11(8)13-14-12-9/h3,5-6H,1-2,4,7H2,(H,15,16)(H,12,13,14). The van der Waals surface area contributed by atoms with Crippen molar-refractivity contribution < 1.29 is 9.90 Å². The molecular weight excluding hydrogens is 206 g/mol. The zero-order valence-corrected chi connectivity index (χ0v) is 8.81. The van der Waals surface area contributed by atoms with Crippen LogP contribution in [0, 0.1) is 0 Å². The Hall–Kier alpha value is -1.91. The minimum Gasteiger partial charge on any atom is -0.481 e. The maximum absolute atomic E-state index is 10.4. The Labute approximate surface area is 92.5 Å². The number of rotatable bonds is 5. The van der Waals surface area contributed by atoms with Crippen molar-refractivity contribution >= 4 is 17.0 Å². The molecule has 1 heterocycles. The molecule has 0 aliphatic heterocycles. The molecule has 0 saturated heterocycles. The molecule has 0 unspecified atom stereocenters. The number of H-pyrrole nitrogens is 1. The number of hydrogen-bond donors (Lipinski definition) is 2. The summed E-state index contributed by atoms with van der Waals surface area (Å²) in [5.74, 6) is -0.736. The number of aryl methyl sites for hydroxylation is 1. The fourth-order valence-electron chi connectivity index (χ4n) is 1.72. The molecule has 16 heavy (non-hydrogen) atoms. The van der Waals surface area contributed by atoms with Crippen LogP contribution in [0.4, 0.5) is 0 Å². The fourth-order valence-corrected chi connectivity index (χ4v) is 1.72. The molecule has 0 fully saturated rings. The molecule has 0 spiro atoms. The summed E-state index contributed by atoms with van der Waals surface area (Å²) in [5, 5.41) is 19.1. The van der Waals surface area contributed by atoms with Crippen molar-refractivity contribution in [3.05, 3.63) is 23.8 Å². The maximum Gasteiger partial charge on any atom is 0.303 e. The molecule has 0 aliphatic rings. The average Bonchev–Trinajstić information content (AvgIpc) is 2.72. The highest BCUT2D eigenvalue weighted by Gasteiger charge is 2.04. The largest absolute Gasteiger partial charge is 0.481 e. The van der Waals surface area contributed by atoms with Gasteiger partial charge >= 0.3 is 5.97 Å². The van der Waals surface area contributed by atoms with E-state index in [1.807, 2.05) is 18.2 Å². The second kappa shape index (κ2) is 4.74. The van der Waals surface area contributed by atoms with E-state index in [-0.39, 0.29) is 6.42 Å². The molecule has 0 aliphatic carbocycles. The second-order valence-electron chi connectivity index (χ2n) is 3.73. The number of aromatic amines is 1. The first-order valence-corrected chi connectivity index (χ1v) is 5.28. The van der Waals surface area contributed by atoms with Crippen molar-refractivity contribution in [3.63, 3.8) is 0 Å². The van der Waals surface area contributed by atoms with E-state index in [2.05, 4.69) is 15.4 Å². The molecule has 0 saturated carbocycles. The molecule has 0 bridgehead atoms. The monoisotopic (exact) mass is 219 g/mol. The number of nitrogens with one attached hydrogen (secondary N) is 1. The zero-order valence-electron chi connectivity index (χ0n) is 8.81. The van der Waals surface area contributed by atoms with Gasteiger partial charge in [-0.05, 0) is 30.9 Å². The molecule has 2 aromatic rings. The quantitative estimate of drug-likeness (QED) is 0.751. The molecule has 2 N–H and O–H groups in total. The highest BCUT2D eigenvalue weighted by molar-refractivity contribution is 5.77. The lowest BCUT2D eigenvalue weighted by molar-refractivity contribution is -0.137. The van der Waals surface area contributed by atoms with Crippen LogP contribution in [0.5, 0.6) is 0 Å². The molecule has 0 radical (unpaired) electrons. The van der Waals surface area contributed by atoms with Gasteiger partial charge in [0.25, 0.3) is 0 Å². The van der Waals surface area contributed by atoms with Crippen molar-refractivity contribution in [1.82, 2.24) is 15.4 Å². The lowest BCUT2D eigenvalue weighted by Gasteiger charge is -2.00. The van der Waals surface area contributed by atoms with E-state index in [0.717, 1.165) is 29.4 Å². The number of aliphatic carboxylic acids is 1. The summed E-state index contributed by atoms with van der Waals surface area (Å²) in [4.78, 5) is 10.4. The van der Waals surface area contributed by atoms with E-state index in [9.17, 15) is 4.79 Å². The molecule has 0 atom stereocenters. The van der Waals surface area contributed by atoms with Crippen LogP contribution in [0.2, 0.25) is 0 Å². The number of benzene rings is 1. The van der Waals surface area contributed by atoms with Crippen molar-refractivity contribution in [1.29, 1.82) is 0 Å². The highest BCUT2D eigenvalue weighted by Crippen LogP contribution is 2.16. The van der Waals surface area contributed by atoms with E-state index in [1.54, 1.807) is 0 Å². The van der Waals surface area contributed by atoms with E-state index in [0.29, 0.717) is 6.42 Å². The zero-order chi connectivity index (χ0) is 11.4. The van der Waals surface area contributed by atoms with Crippen molar-refractivity contribution in [2.45, 2.75) is 25.7 Å². The van der Waals surface area contributed by atoms with Gasteiger partial charge in [0.15, 0.2) is 0 Å². The van der Waals surface area contributed by atoms with E-state index in [4.69, 9.17) is 5.11 Å². The molecule has 0 amide bonds. The van der Waals surface area contributed by atoms with Gasteiger partial charge in [-0.25, -0.2) is 0 Å². The SMILES string of the molecule is O=C(O)CCCCc1cccc2[nH]nnc12. The third-order valence-corrected chi connectivity index (χ3v) is 2.53. The van der Waals surface area contributed by atoms with Crippen molar-refractivity contribution in [3.8, 4) is 0 Å². The summed E-state index contributed by atoms with van der Waals surface area (Å²) in [6.07, 6.45) is 2.63. The first kappa shape index (κ1) is 10.6. The minimum atomic E-state index is -0.736. The summed E-state index contributed by atoms with van der Waals surface area (Å²) in [6.45, 7) is 0. The number of fused-ring (bicyclic) bond motifs is 1. The normalized spacial score (nSPS) is 10.8. The van der Waals surface area contributed by atoms with E-state index in [1.165, 1.54) is 0 Å². The minimum absolute atomic E-state index is 0.231. The van der Waals surface area contributed by atoms with Gasteiger partial charge in [-0.3, -0.25) is 9.89 Å². The number of hydrogen-bond acceptors (Lipinski definition) is 3. The Morgan fingerprint density at radius 1 is 1.38 bits per heavy atom. The molecule has 2 rings (SSSR count). The molecule has 84 valence electrons. The molecular formula is C11H13N3O2. The number of carboxylic acids is 1. The number of carboxylic acid groups (broad SMARTS) is 1. The van der Waals surface area contributed by atoms with Crippen LogP contribution in [-0.4, -0.2) is 26.5 Å². The number of aromatic nitrogens is 3. The Balaban J connectivity index is 1.98. The molecule has 5 heteroatoms. The summed E-state index contributed by atoms with van der Waals surface area (Å²) in [7, 11) is 0. The molecule has 1 aromatic carbocycles. The number of carbonyl (C=O) groups is 1. The fraction of sp³-hybridized carbons (Fsp3) is 0.364. The maximum atomic E-state index is 10.4. The van der Waals surface area contributed by atoms with Gasteiger partial charge in [0.05, 0.1) is 5.52 Å². The number of unbranched alkanes of at least 4 members (excludes halogenated alkanes) is 1. The van der Waals surface area contributed by atoms with Crippen LogP contribution in [0.25, 0.3) is 11.0 Å². The van der Waals surface area contributed by atoms with Gasteiger partial charge in [-0.1, -0.05) is 17.3 Å². The van der Waals surface area contributed by atoms with E-state index >= 15 is 0 Å². The van der Waals surface area contributed by atoms with Gasteiger partial charge in [-0.15, -0.1) is 5.10 Å². The average molecular weight is 219 g/mol. The smallest absolute Gasteiger partial charge is 0.303 e. The molecule has 5 nitrogen and oxygen atoms in total. The predicted molar refractivity (Wildman–Crippen MR) is 59.1 cm³/mol. The molecule has 1 aromatic heterocycles. The van der Waals surface area contributed by atoms with Crippen LogP contribution >= 0.6 is 0 Å². The van der Waals surface area contributed by atoms with Gasteiger partial charge in [0.1, 0.15) is 5.52 Å². The Morgan fingerprint density at radius 2 is 2.25 bits per heavy atom. The van der Waals surface area contributed by atoms with Gasteiger partial charge in [0, 0.05) is 6.42 Å². The van der Waals surface area contributed by atoms with Crippen molar-refractivity contribution in [2.75, 3.05) is 0 Å². The van der Waals surface area contributed by atoms with Gasteiger partial charge in [0.2, 0.25) is 0 Å².